The summed E-state index contributed by atoms with van der Waals surface area (Å²) in [5.74, 6) is 0.622. The number of sulfonamides is 1. The molecule has 18 heavy (non-hydrogen) atoms. The molecule has 1 aromatic heterocycles. The van der Waals surface area contributed by atoms with Gasteiger partial charge in [-0.05, 0) is 39.7 Å². The van der Waals surface area contributed by atoms with Crippen molar-refractivity contribution in [2.24, 2.45) is 0 Å². The Morgan fingerprint density at radius 3 is 2.78 bits per heavy atom. The summed E-state index contributed by atoms with van der Waals surface area (Å²) in [5.41, 5.74) is 0.869. The van der Waals surface area contributed by atoms with E-state index < -0.39 is 15.3 Å². The molecule has 0 spiro atoms. The van der Waals surface area contributed by atoms with Gasteiger partial charge < -0.3 is 0 Å². The zero-order valence-electron chi connectivity index (χ0n) is 11.0. The summed E-state index contributed by atoms with van der Waals surface area (Å²) in [7, 11) is -3.23. The minimum absolute atomic E-state index is 0.197. The summed E-state index contributed by atoms with van der Waals surface area (Å²) in [6.07, 6.45) is 3.36. The first-order chi connectivity index (χ1) is 8.43. The molecule has 0 aromatic carbocycles. The van der Waals surface area contributed by atoms with Crippen LogP contribution >= 0.6 is 0 Å². The van der Waals surface area contributed by atoms with Gasteiger partial charge in [-0.15, -0.1) is 0 Å². The van der Waals surface area contributed by atoms with Crippen molar-refractivity contribution < 1.29 is 8.42 Å². The molecule has 2 rings (SSSR count). The lowest BCUT2D eigenvalue weighted by atomic mass is 10.2. The highest BCUT2D eigenvalue weighted by atomic mass is 32.2. The molecule has 100 valence electrons. The fourth-order valence-electron chi connectivity index (χ4n) is 2.20. The quantitative estimate of drug-likeness (QED) is 0.837. The summed E-state index contributed by atoms with van der Waals surface area (Å²) in [5, 5.41) is -0.400. The number of aryl methyl sites for hydroxylation is 1. The highest BCUT2D eigenvalue weighted by Gasteiger charge is 2.38. The molecule has 0 amide bonds. The van der Waals surface area contributed by atoms with Crippen molar-refractivity contribution in [2.45, 2.75) is 44.9 Å². The Bertz CT molecular complexity index is 528. The van der Waals surface area contributed by atoms with Gasteiger partial charge in [0.1, 0.15) is 5.82 Å². The lowest BCUT2D eigenvalue weighted by molar-refractivity contribution is 0.378. The van der Waals surface area contributed by atoms with Crippen LogP contribution in [0.3, 0.4) is 0 Å². The van der Waals surface area contributed by atoms with Gasteiger partial charge >= 0.3 is 0 Å². The van der Waals surface area contributed by atoms with Crippen molar-refractivity contribution in [1.82, 2.24) is 14.3 Å². The zero-order chi connectivity index (χ0) is 13.3. The predicted octanol–water partition coefficient (Wildman–Crippen LogP) is 1.66. The number of rotatable bonds is 3. The van der Waals surface area contributed by atoms with E-state index in [1.165, 1.54) is 0 Å². The Balaban J connectivity index is 2.34. The molecule has 0 unspecified atom stereocenters. The zero-order valence-corrected chi connectivity index (χ0v) is 11.8. The Labute approximate surface area is 108 Å². The van der Waals surface area contributed by atoms with Crippen molar-refractivity contribution in [3.63, 3.8) is 0 Å². The maximum atomic E-state index is 12.3. The van der Waals surface area contributed by atoms with Crippen LogP contribution in [0.1, 0.15) is 44.2 Å². The van der Waals surface area contributed by atoms with Crippen LogP contribution in [0.4, 0.5) is 0 Å². The highest BCUT2D eigenvalue weighted by Crippen LogP contribution is 2.33. The molecule has 6 heteroatoms. The smallest absolute Gasteiger partial charge is 0.217 e. The molecule has 1 aromatic rings. The third kappa shape index (κ3) is 2.40. The van der Waals surface area contributed by atoms with Crippen molar-refractivity contribution in [3.8, 4) is 0 Å². The minimum Gasteiger partial charge on any atom is -0.240 e. The van der Waals surface area contributed by atoms with Crippen molar-refractivity contribution in [3.05, 3.63) is 23.8 Å². The van der Waals surface area contributed by atoms with Gasteiger partial charge in [0.25, 0.3) is 0 Å². The van der Waals surface area contributed by atoms with Crippen LogP contribution < -0.4 is 0 Å². The van der Waals surface area contributed by atoms with Crippen LogP contribution in [0.25, 0.3) is 0 Å². The molecule has 0 N–H and O–H groups in total. The SMILES string of the molecule is Cc1ccnc([C@@H]2CCCN2S(=O)(=O)C(C)C)n1. The second-order valence-electron chi connectivity index (χ2n) is 4.92. The lowest BCUT2D eigenvalue weighted by Gasteiger charge is -2.25. The largest absolute Gasteiger partial charge is 0.240 e. The van der Waals surface area contributed by atoms with E-state index in [1.54, 1.807) is 24.3 Å². The normalized spacial score (nSPS) is 21.7. The van der Waals surface area contributed by atoms with E-state index in [0.29, 0.717) is 12.4 Å². The standard InChI is InChI=1S/C12H19N3O2S/c1-9(2)18(16,17)15-8-4-5-11(15)12-13-7-6-10(3)14-12/h6-7,9,11H,4-5,8H2,1-3H3/t11-/m0/s1. The van der Waals surface area contributed by atoms with Gasteiger partial charge in [-0.2, -0.15) is 4.31 Å². The van der Waals surface area contributed by atoms with E-state index in [2.05, 4.69) is 9.97 Å². The predicted molar refractivity (Wildman–Crippen MR) is 69.5 cm³/mol. The Hall–Kier alpha value is -1.01. The average Bonchev–Trinajstić information content (AvgIpc) is 2.78. The second-order valence-corrected chi connectivity index (χ2v) is 7.36. The van der Waals surface area contributed by atoms with Gasteiger partial charge in [0.2, 0.25) is 10.0 Å². The fourth-order valence-corrected chi connectivity index (χ4v) is 3.68. The molecular weight excluding hydrogens is 250 g/mol. The van der Waals surface area contributed by atoms with E-state index in [0.717, 1.165) is 18.5 Å². The number of nitrogens with zero attached hydrogens (tertiary/aromatic N) is 3. The fraction of sp³-hybridized carbons (Fsp3) is 0.667. The van der Waals surface area contributed by atoms with E-state index in [1.807, 2.05) is 13.0 Å². The summed E-state index contributed by atoms with van der Waals surface area (Å²) in [4.78, 5) is 8.59. The molecule has 0 radical (unpaired) electrons. The Kier molecular flexibility index (Phi) is 3.68. The molecule has 5 nitrogen and oxygen atoms in total. The Morgan fingerprint density at radius 2 is 2.17 bits per heavy atom. The average molecular weight is 269 g/mol. The second kappa shape index (κ2) is 4.93. The van der Waals surface area contributed by atoms with E-state index in [-0.39, 0.29) is 6.04 Å². The van der Waals surface area contributed by atoms with Gasteiger partial charge in [0.05, 0.1) is 11.3 Å². The first-order valence-corrected chi connectivity index (χ1v) is 7.73. The summed E-state index contributed by atoms with van der Waals surface area (Å²) < 4.78 is 26.1. The van der Waals surface area contributed by atoms with E-state index >= 15 is 0 Å². The first kappa shape index (κ1) is 13.4. The van der Waals surface area contributed by atoms with Crippen LogP contribution in [0.15, 0.2) is 12.3 Å². The van der Waals surface area contributed by atoms with Gasteiger partial charge in [0, 0.05) is 18.4 Å². The molecule has 1 atom stereocenters. The van der Waals surface area contributed by atoms with E-state index in [4.69, 9.17) is 0 Å². The first-order valence-electron chi connectivity index (χ1n) is 6.23. The van der Waals surface area contributed by atoms with Gasteiger partial charge in [-0.3, -0.25) is 0 Å². The van der Waals surface area contributed by atoms with Gasteiger partial charge in [-0.1, -0.05) is 0 Å². The molecule has 1 aliphatic heterocycles. The molecule has 0 aliphatic carbocycles. The lowest BCUT2D eigenvalue weighted by Crippen LogP contribution is -2.36. The van der Waals surface area contributed by atoms with Crippen LogP contribution in [-0.4, -0.2) is 34.5 Å². The molecule has 2 heterocycles. The topological polar surface area (TPSA) is 63.2 Å². The highest BCUT2D eigenvalue weighted by molar-refractivity contribution is 7.89. The van der Waals surface area contributed by atoms with Crippen molar-refractivity contribution in [1.29, 1.82) is 0 Å². The van der Waals surface area contributed by atoms with Gasteiger partial charge in [-0.25, -0.2) is 18.4 Å². The summed E-state index contributed by atoms with van der Waals surface area (Å²) >= 11 is 0. The van der Waals surface area contributed by atoms with Crippen LogP contribution in [0.5, 0.6) is 0 Å². The number of hydrogen-bond donors (Lipinski definition) is 0. The third-order valence-electron chi connectivity index (χ3n) is 3.24. The third-order valence-corrected chi connectivity index (χ3v) is 5.52. The van der Waals surface area contributed by atoms with Crippen LogP contribution in [0.2, 0.25) is 0 Å². The molecule has 1 fully saturated rings. The summed E-state index contributed by atoms with van der Waals surface area (Å²) in [6.45, 7) is 5.88. The van der Waals surface area contributed by atoms with Gasteiger partial charge in [0.15, 0.2) is 0 Å². The molecular formula is C12H19N3O2S. The Morgan fingerprint density at radius 1 is 1.44 bits per heavy atom. The monoisotopic (exact) mass is 269 g/mol. The minimum atomic E-state index is -3.23. The molecule has 1 saturated heterocycles. The van der Waals surface area contributed by atoms with Crippen molar-refractivity contribution in [2.75, 3.05) is 6.54 Å². The molecule has 1 aliphatic rings. The summed E-state index contributed by atoms with van der Waals surface area (Å²) in [6, 6.07) is 1.62. The maximum Gasteiger partial charge on any atom is 0.217 e. The molecule has 0 saturated carbocycles. The van der Waals surface area contributed by atoms with Crippen LogP contribution in [0, 0.1) is 6.92 Å². The van der Waals surface area contributed by atoms with Crippen LogP contribution in [-0.2, 0) is 10.0 Å². The maximum absolute atomic E-state index is 12.3. The van der Waals surface area contributed by atoms with Crippen molar-refractivity contribution >= 4 is 10.0 Å². The molecule has 0 bridgehead atoms. The van der Waals surface area contributed by atoms with E-state index in [9.17, 15) is 8.42 Å². The number of hydrogen-bond acceptors (Lipinski definition) is 4. The number of aromatic nitrogens is 2.